The molecule has 8 nitrogen and oxygen atoms in total. The molecule has 1 aromatic heterocycles. The summed E-state index contributed by atoms with van der Waals surface area (Å²) in [5, 5.41) is 2.71. The molecule has 0 saturated heterocycles. The fraction of sp³-hybridized carbons (Fsp3) is 0.333. The predicted octanol–water partition coefficient (Wildman–Crippen LogP) is 0.336. The van der Waals surface area contributed by atoms with Gasteiger partial charge in [-0.1, -0.05) is 18.2 Å². The van der Waals surface area contributed by atoms with E-state index in [-0.39, 0.29) is 18.9 Å². The second-order valence-corrected chi connectivity index (χ2v) is 5.98. The molecule has 0 aliphatic rings. The van der Waals surface area contributed by atoms with Crippen LogP contribution in [0, 0.1) is 0 Å². The highest BCUT2D eigenvalue weighted by Gasteiger charge is 2.15. The number of hydrogen-bond acceptors (Lipinski definition) is 5. The van der Waals surface area contributed by atoms with E-state index in [1.165, 1.54) is 24.7 Å². The van der Waals surface area contributed by atoms with E-state index in [4.69, 9.17) is 4.74 Å². The third-order valence-electron chi connectivity index (χ3n) is 3.89. The van der Waals surface area contributed by atoms with Crippen LogP contribution < -0.4 is 16.6 Å². The van der Waals surface area contributed by atoms with E-state index >= 15 is 0 Å². The van der Waals surface area contributed by atoms with Crippen molar-refractivity contribution in [2.75, 3.05) is 0 Å². The van der Waals surface area contributed by atoms with Gasteiger partial charge in [-0.3, -0.25) is 23.5 Å². The van der Waals surface area contributed by atoms with Crippen LogP contribution >= 0.6 is 0 Å². The first-order valence-corrected chi connectivity index (χ1v) is 8.07. The maximum absolute atomic E-state index is 12.0. The lowest BCUT2D eigenvalue weighted by molar-refractivity contribution is -0.145. The van der Waals surface area contributed by atoms with Gasteiger partial charge in [-0.2, -0.15) is 0 Å². The van der Waals surface area contributed by atoms with Gasteiger partial charge in [-0.15, -0.1) is 0 Å². The number of ether oxygens (including phenoxy) is 1. The molecule has 8 heteroatoms. The Morgan fingerprint density at radius 3 is 2.42 bits per heavy atom. The van der Waals surface area contributed by atoms with Crippen LogP contribution in [-0.4, -0.2) is 27.1 Å². The number of carbonyl (C=O) groups excluding carboxylic acids is 2. The Bertz CT molecular complexity index is 915. The Morgan fingerprint density at radius 2 is 1.77 bits per heavy atom. The molecule has 1 amide bonds. The van der Waals surface area contributed by atoms with Crippen molar-refractivity contribution in [3.8, 4) is 0 Å². The van der Waals surface area contributed by atoms with Crippen LogP contribution in [0.25, 0.3) is 0 Å². The van der Waals surface area contributed by atoms with Gasteiger partial charge in [0.05, 0.1) is 12.1 Å². The molecule has 1 aromatic carbocycles. The van der Waals surface area contributed by atoms with Crippen molar-refractivity contribution in [1.29, 1.82) is 0 Å². The third kappa shape index (κ3) is 4.69. The third-order valence-corrected chi connectivity index (χ3v) is 3.89. The molecule has 0 radical (unpaired) electrons. The van der Waals surface area contributed by atoms with E-state index in [0.29, 0.717) is 11.3 Å². The fourth-order valence-electron chi connectivity index (χ4n) is 2.33. The van der Waals surface area contributed by atoms with E-state index in [1.807, 2.05) is 6.07 Å². The largest absolute Gasteiger partial charge is 0.459 e. The molecule has 138 valence electrons. The average Bonchev–Trinajstić information content (AvgIpc) is 2.62. The average molecular weight is 359 g/mol. The minimum atomic E-state index is -0.543. The van der Waals surface area contributed by atoms with Gasteiger partial charge in [-0.05, 0) is 19.1 Å². The minimum Gasteiger partial charge on any atom is -0.459 e. The van der Waals surface area contributed by atoms with Crippen molar-refractivity contribution in [2.45, 2.75) is 26.0 Å². The highest BCUT2D eigenvalue weighted by Crippen LogP contribution is 2.03. The van der Waals surface area contributed by atoms with E-state index in [9.17, 15) is 19.2 Å². The molecule has 1 N–H and O–H groups in total. The topological polar surface area (TPSA) is 99.4 Å². The van der Waals surface area contributed by atoms with E-state index in [0.717, 1.165) is 4.57 Å². The van der Waals surface area contributed by atoms with Gasteiger partial charge in [0.2, 0.25) is 0 Å². The van der Waals surface area contributed by atoms with Crippen LogP contribution in [0.15, 0.2) is 46.0 Å². The summed E-state index contributed by atoms with van der Waals surface area (Å²) < 4.78 is 7.33. The Balaban J connectivity index is 1.90. The summed E-state index contributed by atoms with van der Waals surface area (Å²) in [5.74, 6) is -0.821. The Kier molecular flexibility index (Phi) is 6.11. The zero-order valence-electron chi connectivity index (χ0n) is 14.9. The summed E-state index contributed by atoms with van der Waals surface area (Å²) in [6, 6.07) is 9.48. The highest BCUT2D eigenvalue weighted by molar-refractivity contribution is 5.94. The van der Waals surface area contributed by atoms with Gasteiger partial charge in [-0.25, -0.2) is 4.79 Å². The quantitative estimate of drug-likeness (QED) is 0.750. The van der Waals surface area contributed by atoms with Crippen LogP contribution in [-0.2, 0) is 30.2 Å². The number of benzene rings is 1. The van der Waals surface area contributed by atoms with E-state index < -0.39 is 23.3 Å². The molecule has 0 aliphatic heterocycles. The highest BCUT2D eigenvalue weighted by atomic mass is 16.5. The van der Waals surface area contributed by atoms with Crippen molar-refractivity contribution in [3.63, 3.8) is 0 Å². The van der Waals surface area contributed by atoms with Gasteiger partial charge < -0.3 is 10.1 Å². The van der Waals surface area contributed by atoms with Crippen molar-refractivity contribution >= 4 is 11.9 Å². The smallest absolute Gasteiger partial charge is 0.330 e. The second-order valence-electron chi connectivity index (χ2n) is 5.98. The molecule has 0 bridgehead atoms. The lowest BCUT2D eigenvalue weighted by Gasteiger charge is -2.14. The number of esters is 1. The molecular weight excluding hydrogens is 338 g/mol. The molecule has 1 heterocycles. The van der Waals surface area contributed by atoms with Gasteiger partial charge in [0.15, 0.2) is 0 Å². The summed E-state index contributed by atoms with van der Waals surface area (Å²) in [6.07, 6.45) is -0.0304. The SMILES string of the molecule is CC(CC(=O)OCc1cc(=O)n(C)c(=O)n1C)NC(=O)c1ccccc1. The molecular formula is C18H21N3O5. The summed E-state index contributed by atoms with van der Waals surface area (Å²) in [6.45, 7) is 1.50. The number of nitrogens with one attached hydrogen (secondary N) is 1. The zero-order chi connectivity index (χ0) is 19.3. The van der Waals surface area contributed by atoms with Crippen molar-refractivity contribution < 1.29 is 14.3 Å². The maximum Gasteiger partial charge on any atom is 0.330 e. The summed E-state index contributed by atoms with van der Waals surface area (Å²) in [7, 11) is 2.87. The van der Waals surface area contributed by atoms with Crippen LogP contribution in [0.2, 0.25) is 0 Å². The van der Waals surface area contributed by atoms with Crippen molar-refractivity contribution in [1.82, 2.24) is 14.5 Å². The predicted molar refractivity (Wildman–Crippen MR) is 94.7 cm³/mol. The first-order valence-electron chi connectivity index (χ1n) is 8.07. The van der Waals surface area contributed by atoms with Gasteiger partial charge in [0.25, 0.3) is 11.5 Å². The zero-order valence-corrected chi connectivity index (χ0v) is 14.9. The summed E-state index contributed by atoms with van der Waals surface area (Å²) in [4.78, 5) is 47.5. The Hall–Kier alpha value is -3.16. The molecule has 0 spiro atoms. The molecule has 0 fully saturated rings. The van der Waals surface area contributed by atoms with Crippen molar-refractivity contribution in [2.24, 2.45) is 14.1 Å². The number of amides is 1. The van der Waals surface area contributed by atoms with Crippen LogP contribution in [0.5, 0.6) is 0 Å². The van der Waals surface area contributed by atoms with Gasteiger partial charge in [0, 0.05) is 31.8 Å². The van der Waals surface area contributed by atoms with E-state index in [1.54, 1.807) is 31.2 Å². The molecule has 2 rings (SSSR count). The molecule has 0 saturated carbocycles. The Morgan fingerprint density at radius 1 is 1.12 bits per heavy atom. The number of rotatable bonds is 6. The lowest BCUT2D eigenvalue weighted by Crippen LogP contribution is -2.38. The maximum atomic E-state index is 12.0. The second kappa shape index (κ2) is 8.28. The number of hydrogen-bond donors (Lipinski definition) is 1. The molecule has 1 atom stereocenters. The first kappa shape index (κ1) is 19.2. The molecule has 1 unspecified atom stereocenters. The first-order chi connectivity index (χ1) is 12.3. The standard InChI is InChI=1S/C18H21N3O5/c1-12(19-17(24)13-7-5-4-6-8-13)9-16(23)26-11-14-10-15(22)21(3)18(25)20(14)2/h4-8,10,12H,9,11H2,1-3H3,(H,19,24). The lowest BCUT2D eigenvalue weighted by atomic mass is 10.2. The summed E-state index contributed by atoms with van der Waals surface area (Å²) >= 11 is 0. The van der Waals surface area contributed by atoms with Crippen LogP contribution in [0.3, 0.4) is 0 Å². The Labute approximate surface area is 150 Å². The number of nitrogens with zero attached hydrogens (tertiary/aromatic N) is 2. The monoisotopic (exact) mass is 359 g/mol. The normalized spacial score (nSPS) is 11.7. The summed E-state index contributed by atoms with van der Waals surface area (Å²) in [5.41, 5.74) is -0.162. The van der Waals surface area contributed by atoms with E-state index in [2.05, 4.69) is 5.32 Å². The van der Waals surface area contributed by atoms with Crippen LogP contribution in [0.1, 0.15) is 29.4 Å². The molecule has 26 heavy (non-hydrogen) atoms. The molecule has 0 aliphatic carbocycles. The fourth-order valence-corrected chi connectivity index (χ4v) is 2.33. The van der Waals surface area contributed by atoms with Gasteiger partial charge in [0.1, 0.15) is 6.61 Å². The van der Waals surface area contributed by atoms with Crippen LogP contribution in [0.4, 0.5) is 0 Å². The number of carbonyl (C=O) groups is 2. The van der Waals surface area contributed by atoms with Gasteiger partial charge >= 0.3 is 11.7 Å². The molecule has 2 aromatic rings. The number of aromatic nitrogens is 2. The minimum absolute atomic E-state index is 0.0304. The van der Waals surface area contributed by atoms with Crippen molar-refractivity contribution in [3.05, 3.63) is 68.5 Å².